The van der Waals surface area contributed by atoms with Crippen LogP contribution in [0.5, 0.6) is 0 Å². The van der Waals surface area contributed by atoms with E-state index >= 15 is 0 Å². The van der Waals surface area contributed by atoms with Crippen molar-refractivity contribution in [2.45, 2.75) is 51.7 Å². The molecule has 0 saturated carbocycles. The van der Waals surface area contributed by atoms with Crippen molar-refractivity contribution in [3.8, 4) is 0 Å². The topological polar surface area (TPSA) is 15.3 Å². The third-order valence-electron chi connectivity index (χ3n) is 4.49. The number of hydrogen-bond acceptors (Lipinski definition) is 2. The molecule has 1 aliphatic rings. The van der Waals surface area contributed by atoms with Crippen LogP contribution in [0.1, 0.15) is 39.2 Å². The number of hydrogen-bond donors (Lipinski definition) is 1. The monoisotopic (exact) mass is 324 g/mol. The quantitative estimate of drug-likeness (QED) is 0.906. The van der Waals surface area contributed by atoms with Crippen LogP contribution in [0.2, 0.25) is 0 Å². The minimum Gasteiger partial charge on any atom is -0.311 e. The third kappa shape index (κ3) is 3.59. The van der Waals surface area contributed by atoms with Crippen LogP contribution in [0.25, 0.3) is 0 Å². The lowest BCUT2D eigenvalue weighted by atomic mass is 9.91. The second-order valence-electron chi connectivity index (χ2n) is 5.85. The molecule has 2 rings (SSSR count). The molecule has 106 valence electrons. The molecule has 3 heteroatoms. The Morgan fingerprint density at radius 1 is 1.42 bits per heavy atom. The van der Waals surface area contributed by atoms with Crippen LogP contribution < -0.4 is 5.32 Å². The Labute approximate surface area is 125 Å². The van der Waals surface area contributed by atoms with Crippen molar-refractivity contribution in [3.63, 3.8) is 0 Å². The molecule has 2 atom stereocenters. The van der Waals surface area contributed by atoms with Gasteiger partial charge in [-0.05, 0) is 37.5 Å². The molecule has 0 aromatic heterocycles. The molecule has 0 bridgehead atoms. The SMILES string of the molecule is CCC1CN(Cc2cccc(Br)c2)C(C)(CC)CN1. The fraction of sp³-hybridized carbons (Fsp3) is 0.625. The molecule has 0 radical (unpaired) electrons. The van der Waals surface area contributed by atoms with E-state index in [2.05, 4.69) is 71.2 Å². The molecule has 1 N–H and O–H groups in total. The zero-order valence-corrected chi connectivity index (χ0v) is 13.8. The summed E-state index contributed by atoms with van der Waals surface area (Å²) in [5.74, 6) is 0. The molecule has 1 aliphatic heterocycles. The van der Waals surface area contributed by atoms with Gasteiger partial charge in [-0.2, -0.15) is 0 Å². The third-order valence-corrected chi connectivity index (χ3v) is 4.99. The van der Waals surface area contributed by atoms with Gasteiger partial charge in [0.1, 0.15) is 0 Å². The van der Waals surface area contributed by atoms with E-state index in [-0.39, 0.29) is 5.54 Å². The average Bonchev–Trinajstić information content (AvgIpc) is 2.41. The maximum Gasteiger partial charge on any atom is 0.0307 e. The van der Waals surface area contributed by atoms with E-state index in [0.29, 0.717) is 6.04 Å². The summed E-state index contributed by atoms with van der Waals surface area (Å²) in [7, 11) is 0. The maximum absolute atomic E-state index is 3.69. The summed E-state index contributed by atoms with van der Waals surface area (Å²) in [5, 5.41) is 3.69. The van der Waals surface area contributed by atoms with E-state index in [0.717, 1.165) is 19.6 Å². The summed E-state index contributed by atoms with van der Waals surface area (Å²) in [6.45, 7) is 10.2. The summed E-state index contributed by atoms with van der Waals surface area (Å²) in [5.41, 5.74) is 1.67. The lowest BCUT2D eigenvalue weighted by Gasteiger charge is -2.48. The predicted octanol–water partition coefficient (Wildman–Crippen LogP) is 3.80. The van der Waals surface area contributed by atoms with Gasteiger partial charge in [0.25, 0.3) is 0 Å². The highest BCUT2D eigenvalue weighted by Crippen LogP contribution is 2.26. The van der Waals surface area contributed by atoms with E-state index in [1.54, 1.807) is 0 Å². The number of benzene rings is 1. The Hall–Kier alpha value is -0.380. The molecular weight excluding hydrogens is 300 g/mol. The first-order chi connectivity index (χ1) is 9.07. The zero-order valence-electron chi connectivity index (χ0n) is 12.2. The van der Waals surface area contributed by atoms with Gasteiger partial charge in [-0.25, -0.2) is 0 Å². The summed E-state index contributed by atoms with van der Waals surface area (Å²) in [6.07, 6.45) is 2.39. The number of rotatable bonds is 4. The van der Waals surface area contributed by atoms with Crippen LogP contribution in [0.15, 0.2) is 28.7 Å². The average molecular weight is 325 g/mol. The van der Waals surface area contributed by atoms with Crippen LogP contribution >= 0.6 is 15.9 Å². The minimum absolute atomic E-state index is 0.272. The minimum atomic E-state index is 0.272. The molecule has 2 unspecified atom stereocenters. The summed E-state index contributed by atoms with van der Waals surface area (Å²) < 4.78 is 1.17. The molecule has 1 saturated heterocycles. The van der Waals surface area contributed by atoms with Gasteiger partial charge in [0.05, 0.1) is 0 Å². The first kappa shape index (κ1) is 15.0. The van der Waals surface area contributed by atoms with Crippen molar-refractivity contribution < 1.29 is 0 Å². The van der Waals surface area contributed by atoms with Gasteiger partial charge >= 0.3 is 0 Å². The molecule has 2 nitrogen and oxygen atoms in total. The van der Waals surface area contributed by atoms with Gasteiger partial charge in [-0.3, -0.25) is 4.90 Å². The lowest BCUT2D eigenvalue weighted by Crippen LogP contribution is -2.62. The van der Waals surface area contributed by atoms with Gasteiger partial charge in [-0.15, -0.1) is 0 Å². The fourth-order valence-corrected chi connectivity index (χ4v) is 3.21. The Morgan fingerprint density at radius 3 is 2.84 bits per heavy atom. The molecule has 1 aromatic carbocycles. The number of nitrogens with one attached hydrogen (secondary N) is 1. The lowest BCUT2D eigenvalue weighted by molar-refractivity contribution is 0.0408. The van der Waals surface area contributed by atoms with Crippen LogP contribution in [0.4, 0.5) is 0 Å². The molecule has 0 aliphatic carbocycles. The van der Waals surface area contributed by atoms with E-state index in [1.807, 2.05) is 0 Å². The maximum atomic E-state index is 3.69. The van der Waals surface area contributed by atoms with Crippen molar-refractivity contribution in [1.82, 2.24) is 10.2 Å². The Bertz CT molecular complexity index is 421. The highest BCUT2D eigenvalue weighted by atomic mass is 79.9. The van der Waals surface area contributed by atoms with Gasteiger partial charge in [-0.1, -0.05) is 41.9 Å². The summed E-state index contributed by atoms with van der Waals surface area (Å²) in [6, 6.07) is 9.31. The standard InChI is InChI=1S/C16H25BrN2/c1-4-15-11-19(16(3,5-2)12-18-15)10-13-7-6-8-14(17)9-13/h6-9,15,18H,4-5,10-12H2,1-3H3. The molecule has 1 aromatic rings. The molecule has 0 spiro atoms. The van der Waals surface area contributed by atoms with Crippen LogP contribution in [0, 0.1) is 0 Å². The second kappa shape index (κ2) is 6.38. The largest absolute Gasteiger partial charge is 0.311 e. The van der Waals surface area contributed by atoms with Gasteiger partial charge in [0.2, 0.25) is 0 Å². The molecule has 1 fully saturated rings. The summed E-state index contributed by atoms with van der Waals surface area (Å²) in [4.78, 5) is 2.65. The van der Waals surface area contributed by atoms with E-state index in [4.69, 9.17) is 0 Å². The predicted molar refractivity (Wildman–Crippen MR) is 85.3 cm³/mol. The number of halogens is 1. The second-order valence-corrected chi connectivity index (χ2v) is 6.76. The van der Waals surface area contributed by atoms with Gasteiger partial charge in [0.15, 0.2) is 0 Å². The Balaban J connectivity index is 2.14. The van der Waals surface area contributed by atoms with Gasteiger partial charge < -0.3 is 5.32 Å². The van der Waals surface area contributed by atoms with Crippen LogP contribution in [-0.4, -0.2) is 29.6 Å². The molecule has 1 heterocycles. The molecule has 19 heavy (non-hydrogen) atoms. The zero-order chi connectivity index (χ0) is 13.9. The van der Waals surface area contributed by atoms with Crippen LogP contribution in [-0.2, 0) is 6.54 Å². The van der Waals surface area contributed by atoms with Crippen molar-refractivity contribution in [2.75, 3.05) is 13.1 Å². The smallest absolute Gasteiger partial charge is 0.0307 e. The first-order valence-electron chi connectivity index (χ1n) is 7.30. The molecular formula is C16H25BrN2. The van der Waals surface area contributed by atoms with Crippen molar-refractivity contribution in [3.05, 3.63) is 34.3 Å². The van der Waals surface area contributed by atoms with E-state index in [9.17, 15) is 0 Å². The van der Waals surface area contributed by atoms with Crippen molar-refractivity contribution in [1.29, 1.82) is 0 Å². The normalized spacial score (nSPS) is 28.5. The fourth-order valence-electron chi connectivity index (χ4n) is 2.76. The van der Waals surface area contributed by atoms with E-state index in [1.165, 1.54) is 22.9 Å². The Morgan fingerprint density at radius 2 is 2.21 bits per heavy atom. The number of piperazine rings is 1. The Kier molecular flexibility index (Phi) is 5.04. The first-order valence-corrected chi connectivity index (χ1v) is 8.09. The number of nitrogens with zero attached hydrogens (tertiary/aromatic N) is 1. The van der Waals surface area contributed by atoms with E-state index < -0.39 is 0 Å². The van der Waals surface area contributed by atoms with Gasteiger partial charge in [0, 0.05) is 35.7 Å². The summed E-state index contributed by atoms with van der Waals surface area (Å²) >= 11 is 3.57. The highest BCUT2D eigenvalue weighted by molar-refractivity contribution is 9.10. The highest BCUT2D eigenvalue weighted by Gasteiger charge is 2.35. The van der Waals surface area contributed by atoms with Crippen molar-refractivity contribution in [2.24, 2.45) is 0 Å². The van der Waals surface area contributed by atoms with Crippen LogP contribution in [0.3, 0.4) is 0 Å². The molecule has 0 amide bonds. The van der Waals surface area contributed by atoms with Crippen molar-refractivity contribution >= 4 is 15.9 Å².